The van der Waals surface area contributed by atoms with Crippen LogP contribution in [0, 0.1) is 5.92 Å². The van der Waals surface area contributed by atoms with E-state index in [-0.39, 0.29) is 0 Å². The summed E-state index contributed by atoms with van der Waals surface area (Å²) in [6.07, 6.45) is 5.22. The number of hydrogen-bond donors (Lipinski definition) is 2. The van der Waals surface area contributed by atoms with Crippen LogP contribution in [0.25, 0.3) is 0 Å². The van der Waals surface area contributed by atoms with Crippen molar-refractivity contribution in [2.75, 3.05) is 26.5 Å². The zero-order chi connectivity index (χ0) is 17.1. The molecule has 1 heterocycles. The molecule has 0 saturated carbocycles. The number of benzene rings is 1. The van der Waals surface area contributed by atoms with Crippen LogP contribution in [0.3, 0.4) is 0 Å². The highest BCUT2D eigenvalue weighted by atomic mass is 32.2. The monoisotopic (exact) mass is 354 g/mol. The first-order valence-corrected chi connectivity index (χ1v) is 9.68. The van der Waals surface area contributed by atoms with E-state index in [1.807, 2.05) is 18.1 Å². The maximum atomic E-state index is 7.00. The lowest BCUT2D eigenvalue weighted by Gasteiger charge is -2.18. The Bertz CT molecular complexity index is 505. The Balaban J connectivity index is 0.00000127. The highest BCUT2D eigenvalue weighted by Gasteiger charge is 2.20. The third-order valence-corrected chi connectivity index (χ3v) is 4.76. The molecule has 0 fully saturated rings. The first-order valence-electron chi connectivity index (χ1n) is 7.64. The number of guanidine groups is 1. The van der Waals surface area contributed by atoms with Crippen molar-refractivity contribution in [3.63, 3.8) is 0 Å². The molecular formula is C16H26N4OS2. The second-order valence-corrected chi connectivity index (χ2v) is 6.45. The minimum atomic E-state index is 0.528. The summed E-state index contributed by atoms with van der Waals surface area (Å²) in [5, 5.41) is 13.4. The fraction of sp³-hybridized carbons (Fsp3) is 0.500. The molecule has 2 rings (SSSR count). The summed E-state index contributed by atoms with van der Waals surface area (Å²) < 4.78 is 3.33. The second-order valence-electron chi connectivity index (χ2n) is 4.69. The minimum Gasteiger partial charge on any atom is -0.400 e. The van der Waals surface area contributed by atoms with Gasteiger partial charge in [0.1, 0.15) is 0 Å². The van der Waals surface area contributed by atoms with Gasteiger partial charge in [0.25, 0.3) is 0 Å². The Morgan fingerprint density at radius 2 is 1.96 bits per heavy atom. The Morgan fingerprint density at radius 3 is 2.48 bits per heavy atom. The van der Waals surface area contributed by atoms with Crippen LogP contribution in [0.1, 0.15) is 20.3 Å². The van der Waals surface area contributed by atoms with E-state index in [9.17, 15) is 0 Å². The van der Waals surface area contributed by atoms with Gasteiger partial charge in [-0.1, -0.05) is 6.92 Å². The predicted molar refractivity (Wildman–Crippen MR) is 102 cm³/mol. The molecule has 1 aliphatic heterocycles. The molecule has 0 aliphatic carbocycles. The lowest BCUT2D eigenvalue weighted by molar-refractivity contribution is 0.399. The predicted octanol–water partition coefficient (Wildman–Crippen LogP) is 3.32. The van der Waals surface area contributed by atoms with Gasteiger partial charge in [-0.25, -0.2) is 5.01 Å². The summed E-state index contributed by atoms with van der Waals surface area (Å²) in [4.78, 5) is 6.96. The number of hydrogen-bond acceptors (Lipinski definition) is 5. The average molecular weight is 355 g/mol. The van der Waals surface area contributed by atoms with Gasteiger partial charge >= 0.3 is 0 Å². The van der Waals surface area contributed by atoms with Gasteiger partial charge < -0.3 is 5.11 Å². The molecule has 23 heavy (non-hydrogen) atoms. The van der Waals surface area contributed by atoms with Crippen molar-refractivity contribution < 1.29 is 5.11 Å². The number of aliphatic imine (C=N–C) groups is 1. The summed E-state index contributed by atoms with van der Waals surface area (Å²) in [5.74, 6) is 1.36. The van der Waals surface area contributed by atoms with Crippen molar-refractivity contribution in [1.82, 2.24) is 9.73 Å². The van der Waals surface area contributed by atoms with Crippen LogP contribution >= 0.6 is 23.7 Å². The van der Waals surface area contributed by atoms with Gasteiger partial charge in [0.15, 0.2) is 0 Å². The molecule has 0 bridgehead atoms. The fourth-order valence-electron chi connectivity index (χ4n) is 1.93. The maximum Gasteiger partial charge on any atom is 0.225 e. The molecule has 1 unspecified atom stereocenters. The van der Waals surface area contributed by atoms with Crippen molar-refractivity contribution in [3.05, 3.63) is 24.3 Å². The largest absolute Gasteiger partial charge is 0.400 e. The van der Waals surface area contributed by atoms with Crippen LogP contribution in [0.5, 0.6) is 0 Å². The molecule has 1 aliphatic rings. The van der Waals surface area contributed by atoms with Crippen LogP contribution in [0.15, 0.2) is 44.2 Å². The number of aliphatic hydroxyl groups excluding tert-OH is 1. The summed E-state index contributed by atoms with van der Waals surface area (Å²) in [5.41, 5.74) is 0. The topological polar surface area (TPSA) is 60.2 Å². The molecule has 1 atom stereocenters. The SMILES string of the molecule is CCN=C(NSc1ccc(SC)cc1)N1CC(CC)C=N1.CO. The van der Waals surface area contributed by atoms with Gasteiger partial charge in [-0.15, -0.1) is 11.8 Å². The Kier molecular flexibility index (Phi) is 9.82. The van der Waals surface area contributed by atoms with Crippen LogP contribution in [-0.2, 0) is 0 Å². The molecule has 5 nitrogen and oxygen atoms in total. The zero-order valence-electron chi connectivity index (χ0n) is 14.2. The van der Waals surface area contributed by atoms with Gasteiger partial charge in [-0.05, 0) is 55.8 Å². The van der Waals surface area contributed by atoms with Gasteiger partial charge in [0, 0.05) is 35.6 Å². The molecule has 2 N–H and O–H groups in total. The van der Waals surface area contributed by atoms with Crippen molar-refractivity contribution >= 4 is 35.9 Å². The van der Waals surface area contributed by atoms with Gasteiger partial charge in [0.2, 0.25) is 5.96 Å². The highest BCUT2D eigenvalue weighted by molar-refractivity contribution is 7.98. The van der Waals surface area contributed by atoms with Crippen LogP contribution in [0.4, 0.5) is 0 Å². The maximum absolute atomic E-state index is 7.00. The van der Waals surface area contributed by atoms with Crippen molar-refractivity contribution in [1.29, 1.82) is 0 Å². The van der Waals surface area contributed by atoms with Crippen LogP contribution < -0.4 is 4.72 Å². The Morgan fingerprint density at radius 1 is 1.30 bits per heavy atom. The molecule has 7 heteroatoms. The number of nitrogens with one attached hydrogen (secondary N) is 1. The van der Waals surface area contributed by atoms with E-state index in [1.54, 1.807) is 23.7 Å². The summed E-state index contributed by atoms with van der Waals surface area (Å²) in [6, 6.07) is 8.50. The lowest BCUT2D eigenvalue weighted by Crippen LogP contribution is -2.34. The van der Waals surface area contributed by atoms with E-state index in [1.165, 1.54) is 9.79 Å². The van der Waals surface area contributed by atoms with E-state index >= 15 is 0 Å². The molecule has 0 spiro atoms. The fourth-order valence-corrected chi connectivity index (χ4v) is 2.99. The minimum absolute atomic E-state index is 0.528. The molecule has 0 radical (unpaired) electrons. The number of hydrazone groups is 1. The van der Waals surface area contributed by atoms with Crippen molar-refractivity contribution in [2.45, 2.75) is 30.1 Å². The molecule has 128 valence electrons. The van der Waals surface area contributed by atoms with Crippen LogP contribution in [-0.4, -0.2) is 48.7 Å². The molecule has 0 aromatic heterocycles. The summed E-state index contributed by atoms with van der Waals surface area (Å²) in [6.45, 7) is 5.88. The number of thioether (sulfide) groups is 1. The number of aliphatic hydroxyl groups is 1. The van der Waals surface area contributed by atoms with E-state index in [4.69, 9.17) is 5.11 Å². The average Bonchev–Trinajstić information content (AvgIpc) is 3.10. The van der Waals surface area contributed by atoms with E-state index in [0.29, 0.717) is 5.92 Å². The molecule has 1 aromatic carbocycles. The Labute approximate surface area is 147 Å². The van der Waals surface area contributed by atoms with Gasteiger partial charge in [-0.3, -0.25) is 9.71 Å². The lowest BCUT2D eigenvalue weighted by atomic mass is 10.1. The van der Waals surface area contributed by atoms with Gasteiger partial charge in [0.05, 0.1) is 6.54 Å². The van der Waals surface area contributed by atoms with E-state index < -0.39 is 0 Å². The summed E-state index contributed by atoms with van der Waals surface area (Å²) >= 11 is 3.33. The first kappa shape index (κ1) is 19.9. The van der Waals surface area contributed by atoms with Crippen molar-refractivity contribution in [2.24, 2.45) is 16.0 Å². The third kappa shape index (κ3) is 6.45. The number of nitrogens with zero attached hydrogens (tertiary/aromatic N) is 3. The Hall–Kier alpha value is -1.18. The normalized spacial score (nSPS) is 17.0. The first-order chi connectivity index (χ1) is 11.3. The summed E-state index contributed by atoms with van der Waals surface area (Å²) in [7, 11) is 1.00. The van der Waals surface area contributed by atoms with Gasteiger partial charge in [-0.2, -0.15) is 5.10 Å². The van der Waals surface area contributed by atoms with E-state index in [2.05, 4.69) is 52.3 Å². The van der Waals surface area contributed by atoms with Crippen molar-refractivity contribution in [3.8, 4) is 0 Å². The number of rotatable bonds is 5. The highest BCUT2D eigenvalue weighted by Crippen LogP contribution is 2.21. The standard InChI is InChI=1S/C15H22N4S2.CH4O/c1-4-12-10-17-19(11-12)15(16-5-2)18-21-14-8-6-13(20-3)7-9-14;1-2/h6-10,12H,4-5,11H2,1-3H3,(H,16,18);2H,1H3. The molecular weight excluding hydrogens is 328 g/mol. The smallest absolute Gasteiger partial charge is 0.225 e. The molecule has 0 amide bonds. The second kappa shape index (κ2) is 11.4. The van der Waals surface area contributed by atoms with Crippen LogP contribution in [0.2, 0.25) is 0 Å². The zero-order valence-corrected chi connectivity index (χ0v) is 15.8. The van der Waals surface area contributed by atoms with E-state index in [0.717, 1.165) is 32.6 Å². The molecule has 1 aromatic rings. The third-order valence-electron chi connectivity index (χ3n) is 3.22. The molecule has 0 saturated heterocycles. The quantitative estimate of drug-likeness (QED) is 0.368.